The van der Waals surface area contributed by atoms with Crippen LogP contribution in [-0.2, 0) is 11.3 Å². The Hall–Kier alpha value is -3.84. The SMILES string of the molecule is CN(Cc1cccc(-c2ccc(/C=C3/SC(=O)NC3=O)cc2)c1)C(=O)Nc1ccccc1. The zero-order chi connectivity index (χ0) is 22.5. The molecule has 0 aromatic heterocycles. The minimum absolute atomic E-state index is 0.175. The van der Waals surface area contributed by atoms with Crippen LogP contribution in [0.5, 0.6) is 0 Å². The summed E-state index contributed by atoms with van der Waals surface area (Å²) in [5, 5.41) is 4.78. The van der Waals surface area contributed by atoms with Crippen molar-refractivity contribution in [2.75, 3.05) is 12.4 Å². The van der Waals surface area contributed by atoms with E-state index >= 15 is 0 Å². The fourth-order valence-electron chi connectivity index (χ4n) is 3.28. The van der Waals surface area contributed by atoms with Gasteiger partial charge in [0.25, 0.3) is 11.1 Å². The molecule has 4 amide bonds. The number of carbonyl (C=O) groups is 3. The van der Waals surface area contributed by atoms with Gasteiger partial charge in [0.1, 0.15) is 0 Å². The van der Waals surface area contributed by atoms with Gasteiger partial charge in [0, 0.05) is 19.3 Å². The summed E-state index contributed by atoms with van der Waals surface area (Å²) in [4.78, 5) is 37.5. The summed E-state index contributed by atoms with van der Waals surface area (Å²) < 4.78 is 0. The van der Waals surface area contributed by atoms with Crippen molar-refractivity contribution < 1.29 is 14.4 Å². The van der Waals surface area contributed by atoms with Crippen molar-refractivity contribution in [2.24, 2.45) is 0 Å². The average Bonchev–Trinajstić information content (AvgIpc) is 3.11. The number of anilines is 1. The molecule has 6 nitrogen and oxygen atoms in total. The number of hydrogen-bond donors (Lipinski definition) is 2. The normalized spacial score (nSPS) is 14.3. The highest BCUT2D eigenvalue weighted by Crippen LogP contribution is 2.27. The number of benzene rings is 3. The Morgan fingerprint density at radius 2 is 1.72 bits per heavy atom. The smallest absolute Gasteiger partial charge is 0.321 e. The zero-order valence-corrected chi connectivity index (χ0v) is 18.2. The molecular weight excluding hydrogens is 422 g/mol. The standard InChI is InChI=1S/C25H21N3O3S/c1-28(24(30)26-21-8-3-2-4-9-21)16-18-6-5-7-20(14-18)19-12-10-17(11-13-19)15-22-23(29)27-25(31)32-22/h2-15H,16H2,1H3,(H,26,30)(H,27,29,31)/b22-15+. The average molecular weight is 444 g/mol. The number of carbonyl (C=O) groups excluding carboxylic acids is 3. The van der Waals surface area contributed by atoms with Gasteiger partial charge in [0.05, 0.1) is 4.91 Å². The van der Waals surface area contributed by atoms with Gasteiger partial charge in [-0.2, -0.15) is 0 Å². The third kappa shape index (κ3) is 5.25. The van der Waals surface area contributed by atoms with Crippen LogP contribution in [0.3, 0.4) is 0 Å². The predicted molar refractivity (Wildman–Crippen MR) is 128 cm³/mol. The third-order valence-corrected chi connectivity index (χ3v) is 5.71. The molecule has 3 aromatic rings. The molecule has 1 heterocycles. The molecule has 2 N–H and O–H groups in total. The van der Waals surface area contributed by atoms with Gasteiger partial charge in [-0.3, -0.25) is 14.9 Å². The fraction of sp³-hybridized carbons (Fsp3) is 0.0800. The van der Waals surface area contributed by atoms with Gasteiger partial charge in [0.15, 0.2) is 0 Å². The lowest BCUT2D eigenvalue weighted by atomic mass is 10.0. The first-order valence-corrected chi connectivity index (χ1v) is 10.8. The first-order chi connectivity index (χ1) is 15.5. The molecule has 0 aliphatic carbocycles. The van der Waals surface area contributed by atoms with E-state index in [0.717, 1.165) is 39.7 Å². The first kappa shape index (κ1) is 21.4. The second-order valence-corrected chi connectivity index (χ2v) is 8.34. The zero-order valence-electron chi connectivity index (χ0n) is 17.4. The second kappa shape index (κ2) is 9.53. The van der Waals surface area contributed by atoms with Crippen LogP contribution in [0.1, 0.15) is 11.1 Å². The molecule has 3 aromatic carbocycles. The van der Waals surface area contributed by atoms with Crippen LogP contribution in [0.25, 0.3) is 17.2 Å². The van der Waals surface area contributed by atoms with Gasteiger partial charge in [-0.25, -0.2) is 4.79 Å². The third-order valence-electron chi connectivity index (χ3n) is 4.90. The molecule has 4 rings (SSSR count). The van der Waals surface area contributed by atoms with Crippen molar-refractivity contribution in [2.45, 2.75) is 6.54 Å². The van der Waals surface area contributed by atoms with Crippen LogP contribution >= 0.6 is 11.8 Å². The minimum atomic E-state index is -0.364. The van der Waals surface area contributed by atoms with Gasteiger partial charge < -0.3 is 10.2 Å². The Kier molecular flexibility index (Phi) is 6.37. The quantitative estimate of drug-likeness (QED) is 0.522. The molecule has 1 fully saturated rings. The van der Waals surface area contributed by atoms with Crippen molar-refractivity contribution in [3.8, 4) is 11.1 Å². The van der Waals surface area contributed by atoms with E-state index in [1.165, 1.54) is 0 Å². The molecule has 1 saturated heterocycles. The van der Waals surface area contributed by atoms with E-state index in [1.54, 1.807) is 18.0 Å². The van der Waals surface area contributed by atoms with Crippen LogP contribution in [-0.4, -0.2) is 29.1 Å². The molecule has 0 saturated carbocycles. The Bertz CT molecular complexity index is 1190. The predicted octanol–water partition coefficient (Wildman–Crippen LogP) is 5.34. The Morgan fingerprint density at radius 3 is 2.41 bits per heavy atom. The number of hydrogen-bond acceptors (Lipinski definition) is 4. The number of amides is 4. The van der Waals surface area contributed by atoms with Gasteiger partial charge in [-0.1, -0.05) is 60.7 Å². The Labute approximate surface area is 190 Å². The van der Waals surface area contributed by atoms with Crippen LogP contribution in [0.4, 0.5) is 15.3 Å². The lowest BCUT2D eigenvalue weighted by Gasteiger charge is -2.18. The monoisotopic (exact) mass is 443 g/mol. The van der Waals surface area contributed by atoms with Crippen LogP contribution in [0.15, 0.2) is 83.8 Å². The molecule has 0 atom stereocenters. The minimum Gasteiger partial charge on any atom is -0.323 e. The highest BCUT2D eigenvalue weighted by molar-refractivity contribution is 8.18. The van der Waals surface area contributed by atoms with Crippen LogP contribution < -0.4 is 10.6 Å². The van der Waals surface area contributed by atoms with E-state index in [0.29, 0.717) is 11.4 Å². The number of urea groups is 1. The lowest BCUT2D eigenvalue weighted by Crippen LogP contribution is -2.30. The Balaban J connectivity index is 1.43. The number of nitrogens with one attached hydrogen (secondary N) is 2. The van der Waals surface area contributed by atoms with Crippen molar-refractivity contribution in [1.82, 2.24) is 10.2 Å². The molecular formula is C25H21N3O3S. The summed E-state index contributed by atoms with van der Waals surface area (Å²) in [6.07, 6.45) is 1.70. The molecule has 0 unspecified atom stereocenters. The largest absolute Gasteiger partial charge is 0.323 e. The lowest BCUT2D eigenvalue weighted by molar-refractivity contribution is -0.115. The van der Waals surface area contributed by atoms with Crippen molar-refractivity contribution >= 4 is 40.7 Å². The summed E-state index contributed by atoms with van der Waals surface area (Å²) in [5.41, 5.74) is 4.66. The number of nitrogens with zero attached hydrogens (tertiary/aromatic N) is 1. The Morgan fingerprint density at radius 1 is 0.969 bits per heavy atom. The topological polar surface area (TPSA) is 78.5 Å². The van der Waals surface area contributed by atoms with Crippen molar-refractivity contribution in [3.05, 3.63) is 94.9 Å². The van der Waals surface area contributed by atoms with E-state index < -0.39 is 0 Å². The highest BCUT2D eigenvalue weighted by atomic mass is 32.2. The van der Waals surface area contributed by atoms with Crippen LogP contribution in [0, 0.1) is 0 Å². The summed E-state index contributed by atoms with van der Waals surface area (Å²) in [6.45, 7) is 0.469. The number of rotatable bonds is 5. The number of imide groups is 1. The molecule has 7 heteroatoms. The van der Waals surface area contributed by atoms with Gasteiger partial charge in [0.2, 0.25) is 0 Å². The van der Waals surface area contributed by atoms with Crippen molar-refractivity contribution in [3.63, 3.8) is 0 Å². The van der Waals surface area contributed by atoms with E-state index in [9.17, 15) is 14.4 Å². The maximum atomic E-state index is 12.5. The maximum absolute atomic E-state index is 12.5. The molecule has 0 spiro atoms. The van der Waals surface area contributed by atoms with Crippen LogP contribution in [0.2, 0.25) is 0 Å². The van der Waals surface area contributed by atoms with Crippen molar-refractivity contribution in [1.29, 1.82) is 0 Å². The van der Waals surface area contributed by atoms with Gasteiger partial charge in [-0.05, 0) is 58.3 Å². The van der Waals surface area contributed by atoms with E-state index in [1.807, 2.05) is 72.8 Å². The second-order valence-electron chi connectivity index (χ2n) is 7.33. The first-order valence-electron chi connectivity index (χ1n) is 9.99. The molecule has 160 valence electrons. The molecule has 1 aliphatic heterocycles. The number of para-hydroxylation sites is 1. The summed E-state index contributed by atoms with van der Waals surface area (Å²) in [5.74, 6) is -0.364. The summed E-state index contributed by atoms with van der Waals surface area (Å²) in [6, 6.07) is 25.0. The molecule has 0 bridgehead atoms. The summed E-state index contributed by atoms with van der Waals surface area (Å²) >= 11 is 0.904. The fourth-order valence-corrected chi connectivity index (χ4v) is 3.96. The van der Waals surface area contributed by atoms with E-state index in [-0.39, 0.29) is 17.2 Å². The van der Waals surface area contributed by atoms with Gasteiger partial charge in [-0.15, -0.1) is 0 Å². The van der Waals surface area contributed by atoms with Gasteiger partial charge >= 0.3 is 6.03 Å². The van der Waals surface area contributed by atoms with E-state index in [4.69, 9.17) is 0 Å². The molecule has 0 radical (unpaired) electrons. The highest BCUT2D eigenvalue weighted by Gasteiger charge is 2.24. The molecule has 32 heavy (non-hydrogen) atoms. The summed E-state index contributed by atoms with van der Waals surface area (Å²) in [7, 11) is 1.76. The molecule has 1 aliphatic rings. The van der Waals surface area contributed by atoms with E-state index in [2.05, 4.69) is 16.7 Å². The maximum Gasteiger partial charge on any atom is 0.321 e. The number of thioether (sulfide) groups is 1.